The van der Waals surface area contributed by atoms with E-state index in [2.05, 4.69) is 20.2 Å². The summed E-state index contributed by atoms with van der Waals surface area (Å²) in [6, 6.07) is 3.45. The molecule has 1 aromatic carbocycles. The lowest BCUT2D eigenvalue weighted by Gasteiger charge is -2.30. The first-order chi connectivity index (χ1) is 16.4. The maximum atomic E-state index is 14.6. The third-order valence-electron chi connectivity index (χ3n) is 5.90. The number of benzene rings is 1. The number of carbonyl (C=O) groups excluding carboxylic acids is 1. The first kappa shape index (κ1) is 24.2. The standard InChI is InChI=1S/C24H24ClF3N4O2/c1-34-24(33)20-19(13-32-8-4-2-3-5-9-32)30-23(22-18(28)11-15(27)12-29-22)31-21(20)16-7-6-14(26)10-17(16)25/h6-7,10-12,21H,2-5,8-9,13H2,1H3,(H,30,31). The molecule has 0 spiro atoms. The second-order valence-electron chi connectivity index (χ2n) is 8.23. The number of amidine groups is 1. The smallest absolute Gasteiger partial charge is 0.338 e. The Morgan fingerprint density at radius 1 is 1.15 bits per heavy atom. The minimum Gasteiger partial charge on any atom is -0.466 e. The summed E-state index contributed by atoms with van der Waals surface area (Å²) >= 11 is 6.33. The summed E-state index contributed by atoms with van der Waals surface area (Å²) in [5, 5.41) is 3.09. The van der Waals surface area contributed by atoms with E-state index in [-0.39, 0.29) is 22.1 Å². The van der Waals surface area contributed by atoms with Crippen molar-refractivity contribution in [2.24, 2.45) is 4.99 Å². The van der Waals surface area contributed by atoms with E-state index in [4.69, 9.17) is 16.3 Å². The van der Waals surface area contributed by atoms with Crippen LogP contribution in [0.4, 0.5) is 13.2 Å². The fraction of sp³-hybridized carbons (Fsp3) is 0.375. The molecule has 34 heavy (non-hydrogen) atoms. The van der Waals surface area contributed by atoms with Gasteiger partial charge in [0.05, 0.1) is 18.9 Å². The van der Waals surface area contributed by atoms with Gasteiger partial charge < -0.3 is 10.1 Å². The third kappa shape index (κ3) is 5.26. The Bertz CT molecular complexity index is 1150. The first-order valence-electron chi connectivity index (χ1n) is 11.0. The van der Waals surface area contributed by atoms with Crippen LogP contribution >= 0.6 is 11.6 Å². The van der Waals surface area contributed by atoms with Gasteiger partial charge in [-0.15, -0.1) is 0 Å². The minimum absolute atomic E-state index is 0.0142. The molecule has 0 bridgehead atoms. The molecular weight excluding hydrogens is 469 g/mol. The largest absolute Gasteiger partial charge is 0.466 e. The maximum absolute atomic E-state index is 14.6. The van der Waals surface area contributed by atoms with Crippen molar-refractivity contribution in [1.29, 1.82) is 0 Å². The predicted molar refractivity (Wildman–Crippen MR) is 122 cm³/mol. The Kier molecular flexibility index (Phi) is 7.53. The van der Waals surface area contributed by atoms with E-state index in [1.54, 1.807) is 0 Å². The van der Waals surface area contributed by atoms with Gasteiger partial charge >= 0.3 is 5.97 Å². The van der Waals surface area contributed by atoms with Crippen molar-refractivity contribution in [1.82, 2.24) is 15.2 Å². The van der Waals surface area contributed by atoms with Gasteiger partial charge in [0.25, 0.3) is 0 Å². The number of hydrogen-bond acceptors (Lipinski definition) is 6. The topological polar surface area (TPSA) is 66.8 Å². The highest BCUT2D eigenvalue weighted by molar-refractivity contribution is 6.31. The molecule has 1 N–H and O–H groups in total. The number of rotatable bonds is 5. The molecule has 4 rings (SSSR count). The molecule has 6 nitrogen and oxygen atoms in total. The van der Waals surface area contributed by atoms with Crippen LogP contribution in [0.2, 0.25) is 5.02 Å². The molecule has 180 valence electrons. The molecule has 1 fully saturated rings. The summed E-state index contributed by atoms with van der Waals surface area (Å²) in [7, 11) is 1.25. The van der Waals surface area contributed by atoms with Gasteiger partial charge in [-0.1, -0.05) is 30.5 Å². The second kappa shape index (κ2) is 10.6. The summed E-state index contributed by atoms with van der Waals surface area (Å²) in [6.45, 7) is 2.01. The molecule has 2 aromatic rings. The number of aliphatic imine (C=N–C) groups is 1. The predicted octanol–water partition coefficient (Wildman–Crippen LogP) is 4.55. The highest BCUT2D eigenvalue weighted by Crippen LogP contribution is 2.36. The lowest BCUT2D eigenvalue weighted by atomic mass is 9.94. The monoisotopic (exact) mass is 492 g/mol. The van der Waals surface area contributed by atoms with Gasteiger partial charge in [-0.25, -0.2) is 22.9 Å². The van der Waals surface area contributed by atoms with E-state index in [1.807, 2.05) is 0 Å². The summed E-state index contributed by atoms with van der Waals surface area (Å²) in [4.78, 5) is 23.5. The van der Waals surface area contributed by atoms with Crippen LogP contribution < -0.4 is 5.32 Å². The van der Waals surface area contributed by atoms with Gasteiger partial charge in [0.2, 0.25) is 0 Å². The number of aromatic nitrogens is 1. The van der Waals surface area contributed by atoms with E-state index in [1.165, 1.54) is 19.2 Å². The lowest BCUT2D eigenvalue weighted by Crippen LogP contribution is -2.40. The molecule has 3 heterocycles. The first-order valence-corrected chi connectivity index (χ1v) is 11.4. The number of nitrogens with zero attached hydrogens (tertiary/aromatic N) is 3. The van der Waals surface area contributed by atoms with Crippen molar-refractivity contribution in [3.63, 3.8) is 0 Å². The SMILES string of the molecule is COC(=O)C1=C(CN2CCCCCC2)NC(c2ncc(F)cc2F)=NC1c1ccc(F)cc1Cl. The number of methoxy groups -OCH3 is 1. The van der Waals surface area contributed by atoms with Gasteiger partial charge in [-0.2, -0.15) is 0 Å². The quantitative estimate of drug-likeness (QED) is 0.620. The molecule has 1 atom stereocenters. The average Bonchev–Trinajstić information content (AvgIpc) is 3.07. The van der Waals surface area contributed by atoms with Crippen molar-refractivity contribution >= 4 is 23.4 Å². The van der Waals surface area contributed by atoms with Crippen LogP contribution in [0.5, 0.6) is 0 Å². The van der Waals surface area contributed by atoms with E-state index in [9.17, 15) is 18.0 Å². The third-order valence-corrected chi connectivity index (χ3v) is 6.23. The molecule has 2 aliphatic rings. The number of nitrogens with one attached hydrogen (secondary N) is 1. The fourth-order valence-electron chi connectivity index (χ4n) is 4.25. The molecule has 2 aliphatic heterocycles. The van der Waals surface area contributed by atoms with Crippen molar-refractivity contribution in [2.75, 3.05) is 26.7 Å². The number of hydrogen-bond donors (Lipinski definition) is 1. The minimum atomic E-state index is -1.01. The van der Waals surface area contributed by atoms with Crippen molar-refractivity contribution in [3.8, 4) is 0 Å². The average molecular weight is 493 g/mol. The van der Waals surface area contributed by atoms with Gasteiger partial charge in [-0.3, -0.25) is 9.89 Å². The van der Waals surface area contributed by atoms with Crippen molar-refractivity contribution in [2.45, 2.75) is 31.7 Å². The van der Waals surface area contributed by atoms with Crippen LogP contribution in [0, 0.1) is 17.5 Å². The Morgan fingerprint density at radius 2 is 1.88 bits per heavy atom. The molecule has 0 radical (unpaired) electrons. The highest BCUT2D eigenvalue weighted by Gasteiger charge is 2.35. The normalized spacial score (nSPS) is 19.3. The summed E-state index contributed by atoms with van der Waals surface area (Å²) in [5.74, 6) is -2.91. The van der Waals surface area contributed by atoms with Crippen molar-refractivity contribution in [3.05, 3.63) is 75.5 Å². The van der Waals surface area contributed by atoms with E-state index in [0.717, 1.165) is 51.0 Å². The number of ether oxygens (including phenoxy) is 1. The van der Waals surface area contributed by atoms with Crippen LogP contribution in [-0.2, 0) is 9.53 Å². The van der Waals surface area contributed by atoms with Gasteiger partial charge in [0.15, 0.2) is 11.7 Å². The van der Waals surface area contributed by atoms with Gasteiger partial charge in [-0.05, 0) is 38.1 Å². The molecular formula is C24H24ClF3N4O2. The van der Waals surface area contributed by atoms with E-state index in [0.29, 0.717) is 23.9 Å². The zero-order valence-corrected chi connectivity index (χ0v) is 19.3. The summed E-state index contributed by atoms with van der Waals surface area (Å²) < 4.78 is 46.9. The molecule has 0 saturated carbocycles. The summed E-state index contributed by atoms with van der Waals surface area (Å²) in [5.41, 5.74) is 0.779. The highest BCUT2D eigenvalue weighted by atomic mass is 35.5. The molecule has 1 saturated heterocycles. The Balaban J connectivity index is 1.84. The zero-order chi connectivity index (χ0) is 24.2. The number of esters is 1. The van der Waals surface area contributed by atoms with Crippen LogP contribution in [0.3, 0.4) is 0 Å². The second-order valence-corrected chi connectivity index (χ2v) is 8.64. The van der Waals surface area contributed by atoms with Crippen LogP contribution in [0.1, 0.15) is 43.0 Å². The maximum Gasteiger partial charge on any atom is 0.338 e. The Morgan fingerprint density at radius 3 is 2.53 bits per heavy atom. The number of likely N-dealkylation sites (tertiary alicyclic amines) is 1. The van der Waals surface area contributed by atoms with Crippen LogP contribution in [0.25, 0.3) is 0 Å². The summed E-state index contributed by atoms with van der Waals surface area (Å²) in [6.07, 6.45) is 5.17. The van der Waals surface area contributed by atoms with Crippen molar-refractivity contribution < 1.29 is 22.7 Å². The zero-order valence-electron chi connectivity index (χ0n) is 18.6. The number of halogens is 4. The fourth-order valence-corrected chi connectivity index (χ4v) is 4.52. The lowest BCUT2D eigenvalue weighted by molar-refractivity contribution is -0.136. The molecule has 0 amide bonds. The van der Waals surface area contributed by atoms with E-state index >= 15 is 0 Å². The Hall–Kier alpha value is -2.91. The van der Waals surface area contributed by atoms with Gasteiger partial charge in [0.1, 0.15) is 23.4 Å². The molecule has 1 unspecified atom stereocenters. The van der Waals surface area contributed by atoms with Crippen LogP contribution in [0.15, 0.2) is 46.7 Å². The van der Waals surface area contributed by atoms with Crippen LogP contribution in [-0.4, -0.2) is 48.4 Å². The van der Waals surface area contributed by atoms with Gasteiger partial charge in [0, 0.05) is 28.9 Å². The van der Waals surface area contributed by atoms with E-state index < -0.39 is 29.5 Å². The molecule has 0 aliphatic carbocycles. The number of carbonyl (C=O) groups is 1. The molecule has 10 heteroatoms. The Labute approximate surface area is 200 Å². The molecule has 1 aromatic heterocycles. The number of pyridine rings is 1.